The third-order valence-electron chi connectivity index (χ3n) is 3.77. The summed E-state index contributed by atoms with van der Waals surface area (Å²) in [7, 11) is 1.81. The number of imide groups is 1. The average molecular weight is 280 g/mol. The van der Waals surface area contributed by atoms with Crippen LogP contribution >= 0.6 is 0 Å². The molecule has 0 radical (unpaired) electrons. The Bertz CT molecular complexity index is 682. The van der Waals surface area contributed by atoms with Crippen molar-refractivity contribution >= 4 is 23.2 Å². The quantitative estimate of drug-likeness (QED) is 0.880. The van der Waals surface area contributed by atoms with E-state index in [0.717, 1.165) is 11.3 Å². The number of hydrogen-bond donors (Lipinski definition) is 1. The molecule has 4 nitrogen and oxygen atoms in total. The number of anilines is 2. The molecule has 1 aliphatic heterocycles. The van der Waals surface area contributed by atoms with Crippen LogP contribution < -0.4 is 10.2 Å². The third kappa shape index (κ3) is 2.29. The van der Waals surface area contributed by atoms with Gasteiger partial charge in [0.1, 0.15) is 0 Å². The molecule has 2 amide bonds. The van der Waals surface area contributed by atoms with Gasteiger partial charge in [-0.3, -0.25) is 14.5 Å². The number of nitrogens with one attached hydrogen (secondary N) is 1. The van der Waals surface area contributed by atoms with E-state index in [2.05, 4.69) is 5.32 Å². The van der Waals surface area contributed by atoms with Gasteiger partial charge in [-0.15, -0.1) is 0 Å². The molecule has 2 aromatic rings. The Labute approximate surface area is 123 Å². The summed E-state index contributed by atoms with van der Waals surface area (Å²) < 4.78 is 0. The summed E-state index contributed by atoms with van der Waals surface area (Å²) in [6, 6.07) is 16.7. The first-order chi connectivity index (χ1) is 10.2. The van der Waals surface area contributed by atoms with Crippen LogP contribution in [0.3, 0.4) is 0 Å². The molecule has 106 valence electrons. The lowest BCUT2D eigenvalue weighted by Crippen LogP contribution is -2.30. The van der Waals surface area contributed by atoms with E-state index in [4.69, 9.17) is 0 Å². The minimum absolute atomic E-state index is 0.151. The van der Waals surface area contributed by atoms with Crippen molar-refractivity contribution in [3.63, 3.8) is 0 Å². The fourth-order valence-corrected chi connectivity index (χ4v) is 2.75. The molecule has 0 saturated carbocycles. The molecular formula is C17H16N2O2. The first kappa shape index (κ1) is 13.4. The predicted octanol–water partition coefficient (Wildman–Crippen LogP) is 2.78. The Kier molecular flexibility index (Phi) is 3.44. The molecule has 0 aromatic heterocycles. The van der Waals surface area contributed by atoms with Crippen LogP contribution in [0.1, 0.15) is 17.9 Å². The Morgan fingerprint density at radius 1 is 1.00 bits per heavy atom. The van der Waals surface area contributed by atoms with Crippen molar-refractivity contribution in [2.75, 3.05) is 17.3 Å². The van der Waals surface area contributed by atoms with Gasteiger partial charge in [-0.05, 0) is 23.8 Å². The van der Waals surface area contributed by atoms with Gasteiger partial charge in [0.15, 0.2) is 0 Å². The first-order valence-corrected chi connectivity index (χ1v) is 6.91. The zero-order valence-electron chi connectivity index (χ0n) is 11.7. The second-order valence-corrected chi connectivity index (χ2v) is 5.00. The highest BCUT2D eigenvalue weighted by Crippen LogP contribution is 2.36. The van der Waals surface area contributed by atoms with E-state index in [9.17, 15) is 9.59 Å². The molecule has 1 N–H and O–H groups in total. The minimum Gasteiger partial charge on any atom is -0.388 e. The summed E-state index contributed by atoms with van der Waals surface area (Å²) in [5.41, 5.74) is 2.40. The number of hydrogen-bond acceptors (Lipinski definition) is 3. The zero-order valence-corrected chi connectivity index (χ0v) is 11.7. The maximum absolute atomic E-state index is 12.7. The number of amides is 2. The van der Waals surface area contributed by atoms with Gasteiger partial charge in [-0.25, -0.2) is 0 Å². The summed E-state index contributed by atoms with van der Waals surface area (Å²) in [6.45, 7) is 0. The molecule has 0 bridgehead atoms. The van der Waals surface area contributed by atoms with Crippen LogP contribution in [0.15, 0.2) is 54.6 Å². The predicted molar refractivity (Wildman–Crippen MR) is 82.3 cm³/mol. The molecule has 0 spiro atoms. The largest absolute Gasteiger partial charge is 0.388 e. The van der Waals surface area contributed by atoms with E-state index < -0.39 is 5.92 Å². The highest BCUT2D eigenvalue weighted by Gasteiger charge is 2.41. The van der Waals surface area contributed by atoms with E-state index in [-0.39, 0.29) is 18.2 Å². The topological polar surface area (TPSA) is 49.4 Å². The van der Waals surface area contributed by atoms with Gasteiger partial charge in [-0.1, -0.05) is 36.4 Å². The van der Waals surface area contributed by atoms with Crippen LogP contribution in [-0.4, -0.2) is 18.9 Å². The highest BCUT2D eigenvalue weighted by molar-refractivity contribution is 6.23. The Morgan fingerprint density at radius 2 is 1.67 bits per heavy atom. The maximum atomic E-state index is 12.7. The first-order valence-electron chi connectivity index (χ1n) is 6.91. The van der Waals surface area contributed by atoms with Crippen LogP contribution in [0, 0.1) is 0 Å². The number of para-hydroxylation sites is 2. The van der Waals surface area contributed by atoms with Gasteiger partial charge in [0.2, 0.25) is 11.8 Å². The van der Waals surface area contributed by atoms with Crippen molar-refractivity contribution in [2.45, 2.75) is 12.3 Å². The van der Waals surface area contributed by atoms with Crippen molar-refractivity contribution in [3.8, 4) is 0 Å². The van der Waals surface area contributed by atoms with Crippen molar-refractivity contribution < 1.29 is 9.59 Å². The van der Waals surface area contributed by atoms with Crippen LogP contribution in [0.25, 0.3) is 0 Å². The van der Waals surface area contributed by atoms with Gasteiger partial charge >= 0.3 is 0 Å². The minimum atomic E-state index is -0.415. The van der Waals surface area contributed by atoms with Crippen LogP contribution in [-0.2, 0) is 9.59 Å². The average Bonchev–Trinajstić information content (AvgIpc) is 2.83. The van der Waals surface area contributed by atoms with Crippen LogP contribution in [0.4, 0.5) is 11.4 Å². The lowest BCUT2D eigenvalue weighted by molar-refractivity contribution is -0.121. The Hall–Kier alpha value is -2.62. The van der Waals surface area contributed by atoms with Crippen molar-refractivity contribution in [3.05, 3.63) is 60.2 Å². The summed E-state index contributed by atoms with van der Waals surface area (Å²) >= 11 is 0. The van der Waals surface area contributed by atoms with Gasteiger partial charge in [0.05, 0.1) is 11.6 Å². The Morgan fingerprint density at radius 3 is 2.38 bits per heavy atom. The zero-order chi connectivity index (χ0) is 14.8. The molecule has 3 rings (SSSR count). The molecule has 1 unspecified atom stereocenters. The lowest BCUT2D eigenvalue weighted by Gasteiger charge is -2.16. The smallest absolute Gasteiger partial charge is 0.241 e. The normalized spacial score (nSPS) is 18.1. The monoisotopic (exact) mass is 280 g/mol. The fourth-order valence-electron chi connectivity index (χ4n) is 2.75. The van der Waals surface area contributed by atoms with Crippen molar-refractivity contribution in [1.29, 1.82) is 0 Å². The van der Waals surface area contributed by atoms with E-state index >= 15 is 0 Å². The molecule has 1 atom stereocenters. The van der Waals surface area contributed by atoms with E-state index in [1.165, 1.54) is 4.90 Å². The molecular weight excluding hydrogens is 264 g/mol. The number of carbonyl (C=O) groups is 2. The molecule has 2 aromatic carbocycles. The molecule has 0 aliphatic carbocycles. The fraction of sp³-hybridized carbons (Fsp3) is 0.176. The van der Waals surface area contributed by atoms with Crippen LogP contribution in [0.5, 0.6) is 0 Å². The van der Waals surface area contributed by atoms with E-state index in [1.54, 1.807) is 12.1 Å². The van der Waals surface area contributed by atoms with E-state index in [1.807, 2.05) is 49.5 Å². The number of rotatable bonds is 3. The van der Waals surface area contributed by atoms with Gasteiger partial charge in [0.25, 0.3) is 0 Å². The number of carbonyl (C=O) groups excluding carboxylic acids is 2. The summed E-state index contributed by atoms with van der Waals surface area (Å²) in [5, 5.41) is 3.08. The number of benzene rings is 2. The highest BCUT2D eigenvalue weighted by atomic mass is 16.2. The van der Waals surface area contributed by atoms with Crippen molar-refractivity contribution in [2.24, 2.45) is 0 Å². The molecule has 1 aliphatic rings. The maximum Gasteiger partial charge on any atom is 0.241 e. The van der Waals surface area contributed by atoms with E-state index in [0.29, 0.717) is 5.69 Å². The Balaban J connectivity index is 1.97. The molecule has 4 heteroatoms. The summed E-state index contributed by atoms with van der Waals surface area (Å²) in [6.07, 6.45) is 0.215. The van der Waals surface area contributed by atoms with Gasteiger partial charge < -0.3 is 5.32 Å². The van der Waals surface area contributed by atoms with Crippen molar-refractivity contribution in [1.82, 2.24) is 0 Å². The molecule has 1 saturated heterocycles. The molecule has 1 fully saturated rings. The second kappa shape index (κ2) is 5.40. The molecule has 1 heterocycles. The lowest BCUT2D eigenvalue weighted by atomic mass is 9.96. The SMILES string of the molecule is CNc1ccccc1C1CC(=O)N(c2ccccc2)C1=O. The third-order valence-corrected chi connectivity index (χ3v) is 3.77. The van der Waals surface area contributed by atoms with Crippen LogP contribution in [0.2, 0.25) is 0 Å². The van der Waals surface area contributed by atoms with Gasteiger partial charge in [-0.2, -0.15) is 0 Å². The number of nitrogens with zero attached hydrogens (tertiary/aromatic N) is 1. The second-order valence-electron chi connectivity index (χ2n) is 5.00. The standard InChI is InChI=1S/C17H16N2O2/c1-18-15-10-6-5-9-13(15)14-11-16(20)19(17(14)21)12-7-3-2-4-8-12/h2-10,14,18H,11H2,1H3. The summed E-state index contributed by atoms with van der Waals surface area (Å²) in [4.78, 5) is 26.2. The summed E-state index contributed by atoms with van der Waals surface area (Å²) in [5.74, 6) is -0.725. The van der Waals surface area contributed by atoms with Gasteiger partial charge in [0, 0.05) is 19.2 Å². The molecule has 21 heavy (non-hydrogen) atoms.